The van der Waals surface area contributed by atoms with Crippen LogP contribution in [0.3, 0.4) is 0 Å². The quantitative estimate of drug-likeness (QED) is 0.399. The molecule has 2 N–H and O–H groups in total. The lowest BCUT2D eigenvalue weighted by Crippen LogP contribution is -2.23. The second kappa shape index (κ2) is 8.40. The van der Waals surface area contributed by atoms with Gasteiger partial charge in [0.25, 0.3) is 11.5 Å². The van der Waals surface area contributed by atoms with Crippen LogP contribution in [0.1, 0.15) is 21.5 Å². The molecule has 1 amide bonds. The van der Waals surface area contributed by atoms with Crippen molar-refractivity contribution in [3.63, 3.8) is 0 Å². The van der Waals surface area contributed by atoms with Gasteiger partial charge in [-0.05, 0) is 23.8 Å². The van der Waals surface area contributed by atoms with Crippen molar-refractivity contribution >= 4 is 22.9 Å². The molecule has 0 atom stereocenters. The molecule has 7 heteroatoms. The number of hydrazone groups is 1. The molecule has 0 aliphatic carbocycles. The summed E-state index contributed by atoms with van der Waals surface area (Å²) in [5.41, 5.74) is 3.69. The molecule has 2 aromatic carbocycles. The van der Waals surface area contributed by atoms with Gasteiger partial charge < -0.3 is 5.11 Å². The van der Waals surface area contributed by atoms with Gasteiger partial charge in [0, 0.05) is 23.2 Å². The zero-order chi connectivity index (χ0) is 20.9. The van der Waals surface area contributed by atoms with Gasteiger partial charge in [-0.3, -0.25) is 19.1 Å². The molecule has 0 saturated carbocycles. The molecule has 30 heavy (non-hydrogen) atoms. The highest BCUT2D eigenvalue weighted by Crippen LogP contribution is 2.23. The van der Waals surface area contributed by atoms with Gasteiger partial charge in [-0.25, -0.2) is 5.43 Å². The van der Waals surface area contributed by atoms with Crippen LogP contribution in [0, 0.1) is 0 Å². The van der Waals surface area contributed by atoms with Crippen molar-refractivity contribution in [2.24, 2.45) is 5.10 Å². The topological polar surface area (TPSA) is 96.6 Å². The van der Waals surface area contributed by atoms with E-state index in [1.54, 1.807) is 42.6 Å². The summed E-state index contributed by atoms with van der Waals surface area (Å²) in [7, 11) is 0. The first-order valence-electron chi connectivity index (χ1n) is 9.27. The maximum absolute atomic E-state index is 13.0. The highest BCUT2D eigenvalue weighted by atomic mass is 16.3. The maximum atomic E-state index is 13.0. The van der Waals surface area contributed by atoms with Crippen molar-refractivity contribution in [3.8, 4) is 5.88 Å². The first-order chi connectivity index (χ1) is 14.6. The lowest BCUT2D eigenvalue weighted by atomic mass is 10.1. The van der Waals surface area contributed by atoms with E-state index in [2.05, 4.69) is 15.5 Å². The average Bonchev–Trinajstić information content (AvgIpc) is 2.80. The Kier molecular flexibility index (Phi) is 5.34. The number of amides is 1. The van der Waals surface area contributed by atoms with Crippen LogP contribution in [0.4, 0.5) is 0 Å². The van der Waals surface area contributed by atoms with Crippen LogP contribution in [0.5, 0.6) is 5.88 Å². The predicted molar refractivity (Wildman–Crippen MR) is 115 cm³/mol. The Balaban J connectivity index is 1.73. The van der Waals surface area contributed by atoms with Crippen molar-refractivity contribution in [2.75, 3.05) is 0 Å². The van der Waals surface area contributed by atoms with Crippen LogP contribution >= 0.6 is 0 Å². The SMILES string of the molecule is O=C(N/N=C\c1c(O)n(Cc2ccccc2)c(=O)c2ccccc12)c1cccnc1. The smallest absolute Gasteiger partial charge is 0.272 e. The Morgan fingerprint density at radius 1 is 1.03 bits per heavy atom. The third-order valence-electron chi connectivity index (χ3n) is 4.66. The molecule has 0 aliphatic rings. The van der Waals surface area contributed by atoms with Crippen LogP contribution in [0.25, 0.3) is 10.8 Å². The monoisotopic (exact) mass is 398 g/mol. The second-order valence-corrected chi connectivity index (χ2v) is 6.60. The van der Waals surface area contributed by atoms with Gasteiger partial charge in [0.1, 0.15) is 0 Å². The Bertz CT molecular complexity index is 1280. The number of hydrogen-bond donors (Lipinski definition) is 2. The molecular formula is C23H18N4O3. The molecule has 2 heterocycles. The largest absolute Gasteiger partial charge is 0.494 e. The van der Waals surface area contributed by atoms with Crippen LogP contribution in [0.15, 0.2) is 89.0 Å². The van der Waals surface area contributed by atoms with Crippen LogP contribution < -0.4 is 11.0 Å². The lowest BCUT2D eigenvalue weighted by Gasteiger charge is -2.13. The Hall–Kier alpha value is -4.26. The minimum atomic E-state index is -0.430. The van der Waals surface area contributed by atoms with Gasteiger partial charge in [0.05, 0.1) is 23.9 Å². The van der Waals surface area contributed by atoms with Crippen LogP contribution in [-0.4, -0.2) is 26.8 Å². The molecule has 2 aromatic heterocycles. The number of rotatable bonds is 5. The number of pyridine rings is 2. The summed E-state index contributed by atoms with van der Waals surface area (Å²) < 4.78 is 1.29. The molecule has 0 spiro atoms. The van der Waals surface area contributed by atoms with Crippen molar-refractivity contribution in [1.29, 1.82) is 0 Å². The molecular weight excluding hydrogens is 380 g/mol. The molecule has 7 nitrogen and oxygen atoms in total. The summed E-state index contributed by atoms with van der Waals surface area (Å²) in [5.74, 6) is -0.650. The summed E-state index contributed by atoms with van der Waals surface area (Å²) in [5, 5.41) is 15.8. The number of nitrogens with one attached hydrogen (secondary N) is 1. The Morgan fingerprint density at radius 2 is 1.77 bits per heavy atom. The van der Waals surface area contributed by atoms with Crippen molar-refractivity contribution in [1.82, 2.24) is 15.0 Å². The fourth-order valence-electron chi connectivity index (χ4n) is 3.17. The molecule has 148 valence electrons. The maximum Gasteiger partial charge on any atom is 0.272 e. The standard InChI is InChI=1S/C23H18N4O3/c28-21(17-9-6-12-24-13-17)26-25-14-20-18-10-4-5-11-19(18)22(29)27(23(20)30)15-16-7-2-1-3-8-16/h1-14,30H,15H2,(H,26,28)/b25-14-. The van der Waals surface area contributed by atoms with E-state index in [0.717, 1.165) is 5.56 Å². The zero-order valence-corrected chi connectivity index (χ0v) is 15.9. The third kappa shape index (κ3) is 3.81. The fraction of sp³-hybridized carbons (Fsp3) is 0.0435. The van der Waals surface area contributed by atoms with Gasteiger partial charge in [-0.1, -0.05) is 48.5 Å². The number of carbonyl (C=O) groups excluding carboxylic acids is 1. The van der Waals surface area contributed by atoms with Crippen LogP contribution in [0.2, 0.25) is 0 Å². The summed E-state index contributed by atoms with van der Waals surface area (Å²) in [6.07, 6.45) is 4.34. The fourth-order valence-corrected chi connectivity index (χ4v) is 3.17. The highest BCUT2D eigenvalue weighted by Gasteiger charge is 2.15. The Morgan fingerprint density at radius 3 is 2.50 bits per heavy atom. The second-order valence-electron chi connectivity index (χ2n) is 6.60. The first-order valence-corrected chi connectivity index (χ1v) is 9.27. The van der Waals surface area contributed by atoms with E-state index in [1.807, 2.05) is 30.3 Å². The van der Waals surface area contributed by atoms with E-state index in [-0.39, 0.29) is 18.0 Å². The zero-order valence-electron chi connectivity index (χ0n) is 15.9. The van der Waals surface area contributed by atoms with Gasteiger partial charge in [0.15, 0.2) is 0 Å². The summed E-state index contributed by atoms with van der Waals surface area (Å²) >= 11 is 0. The summed E-state index contributed by atoms with van der Waals surface area (Å²) in [6.45, 7) is 0.208. The molecule has 0 saturated heterocycles. The van der Waals surface area contributed by atoms with Crippen molar-refractivity contribution in [2.45, 2.75) is 6.54 Å². The van der Waals surface area contributed by atoms with E-state index in [1.165, 1.54) is 17.0 Å². The summed E-state index contributed by atoms with van der Waals surface area (Å²) in [4.78, 5) is 29.0. The number of benzene rings is 2. The molecule has 0 bridgehead atoms. The van der Waals surface area contributed by atoms with E-state index in [9.17, 15) is 14.7 Å². The van der Waals surface area contributed by atoms with Gasteiger partial charge in [0.2, 0.25) is 5.88 Å². The molecule has 0 fully saturated rings. The number of fused-ring (bicyclic) bond motifs is 1. The third-order valence-corrected chi connectivity index (χ3v) is 4.66. The molecule has 0 radical (unpaired) electrons. The normalized spacial score (nSPS) is 11.1. The van der Waals surface area contributed by atoms with Gasteiger partial charge >= 0.3 is 0 Å². The van der Waals surface area contributed by atoms with Crippen molar-refractivity contribution in [3.05, 3.63) is 106 Å². The molecule has 4 rings (SSSR count). The van der Waals surface area contributed by atoms with Crippen molar-refractivity contribution < 1.29 is 9.90 Å². The average molecular weight is 398 g/mol. The summed E-state index contributed by atoms with van der Waals surface area (Å²) in [6, 6.07) is 19.6. The van der Waals surface area contributed by atoms with Crippen LogP contribution in [-0.2, 0) is 6.54 Å². The molecule has 0 aliphatic heterocycles. The number of aromatic nitrogens is 2. The number of nitrogens with zero attached hydrogens (tertiary/aromatic N) is 3. The molecule has 0 unspecified atom stereocenters. The minimum Gasteiger partial charge on any atom is -0.494 e. The predicted octanol–water partition coefficient (Wildman–Crippen LogP) is 2.91. The number of aromatic hydroxyl groups is 1. The highest BCUT2D eigenvalue weighted by molar-refractivity contribution is 6.02. The molecule has 4 aromatic rings. The Labute approximate surface area is 172 Å². The van der Waals surface area contributed by atoms with Gasteiger partial charge in [-0.2, -0.15) is 5.10 Å². The van der Waals surface area contributed by atoms with E-state index in [4.69, 9.17) is 0 Å². The number of carbonyl (C=O) groups is 1. The van der Waals surface area contributed by atoms with E-state index >= 15 is 0 Å². The van der Waals surface area contributed by atoms with Gasteiger partial charge in [-0.15, -0.1) is 0 Å². The first kappa shape index (κ1) is 19.1. The lowest BCUT2D eigenvalue weighted by molar-refractivity contribution is 0.0954. The number of hydrogen-bond acceptors (Lipinski definition) is 5. The van der Waals surface area contributed by atoms with E-state index < -0.39 is 5.91 Å². The van der Waals surface area contributed by atoms with E-state index in [0.29, 0.717) is 21.9 Å². The minimum absolute atomic E-state index is 0.208.